The first-order valence-electron chi connectivity index (χ1n) is 6.41. The molecule has 1 N–H and O–H groups in total. The molecule has 110 valence electrons. The van der Waals surface area contributed by atoms with Gasteiger partial charge >= 0.3 is 0 Å². The Labute approximate surface area is 133 Å². The summed E-state index contributed by atoms with van der Waals surface area (Å²) in [6, 6.07) is 10.5. The molecule has 20 heavy (non-hydrogen) atoms. The Bertz CT molecular complexity index is 451. The number of hydrogen-bond donors (Lipinski definition) is 1. The van der Waals surface area contributed by atoms with Gasteiger partial charge in [0.1, 0.15) is 0 Å². The van der Waals surface area contributed by atoms with E-state index in [0.29, 0.717) is 0 Å². The van der Waals surface area contributed by atoms with Gasteiger partial charge < -0.3 is 5.32 Å². The lowest BCUT2D eigenvalue weighted by atomic mass is 9.96. The molecule has 0 unspecified atom stereocenters. The molecular weight excluding hydrogens is 293 g/mol. The maximum absolute atomic E-state index is 9.23. The lowest BCUT2D eigenvalue weighted by molar-refractivity contribution is 0.174. The first-order valence-corrected chi connectivity index (χ1v) is 6.41. The topological polar surface area (TPSA) is 39.1 Å². The minimum absolute atomic E-state index is 0. The summed E-state index contributed by atoms with van der Waals surface area (Å²) in [5, 5.41) is 12.6. The fraction of sp³-hybridized carbons (Fsp3) is 0.400. The summed E-state index contributed by atoms with van der Waals surface area (Å²) in [5.41, 5.74) is 1.91. The van der Waals surface area contributed by atoms with Crippen molar-refractivity contribution >= 4 is 24.8 Å². The normalized spacial score (nSPS) is 16.1. The molecule has 0 aliphatic carbocycles. The molecular formula is C15H21Cl2N3. The average molecular weight is 314 g/mol. The van der Waals surface area contributed by atoms with Gasteiger partial charge in [-0.1, -0.05) is 24.3 Å². The second-order valence-electron chi connectivity index (χ2n) is 4.53. The second-order valence-corrected chi connectivity index (χ2v) is 4.53. The summed E-state index contributed by atoms with van der Waals surface area (Å²) >= 11 is 0. The van der Waals surface area contributed by atoms with Crippen LogP contribution in [0.3, 0.4) is 0 Å². The van der Waals surface area contributed by atoms with Crippen LogP contribution in [0, 0.1) is 11.3 Å². The zero-order valence-corrected chi connectivity index (χ0v) is 13.1. The van der Waals surface area contributed by atoms with Gasteiger partial charge in [-0.2, -0.15) is 5.26 Å². The van der Waals surface area contributed by atoms with E-state index in [9.17, 15) is 5.26 Å². The van der Waals surface area contributed by atoms with Crippen molar-refractivity contribution in [3.8, 4) is 6.07 Å². The molecule has 5 heteroatoms. The SMILES string of the molecule is C=CC[C@@H](c1ccccc1C#N)N1CCNCC1.Cl.Cl. The van der Waals surface area contributed by atoms with E-state index in [-0.39, 0.29) is 30.9 Å². The molecule has 1 aliphatic heterocycles. The van der Waals surface area contributed by atoms with Crippen molar-refractivity contribution in [2.75, 3.05) is 26.2 Å². The Balaban J connectivity index is 0.00000180. The minimum Gasteiger partial charge on any atom is -0.314 e. The van der Waals surface area contributed by atoms with Gasteiger partial charge in [-0.3, -0.25) is 4.90 Å². The van der Waals surface area contributed by atoms with E-state index in [1.807, 2.05) is 24.3 Å². The molecule has 1 aromatic carbocycles. The highest BCUT2D eigenvalue weighted by molar-refractivity contribution is 5.85. The Morgan fingerprint density at radius 1 is 1.30 bits per heavy atom. The van der Waals surface area contributed by atoms with Crippen molar-refractivity contribution in [2.24, 2.45) is 0 Å². The van der Waals surface area contributed by atoms with Crippen LogP contribution < -0.4 is 5.32 Å². The predicted octanol–water partition coefficient (Wildman–Crippen LogP) is 2.92. The number of nitrogens with one attached hydrogen (secondary N) is 1. The Morgan fingerprint density at radius 3 is 2.55 bits per heavy atom. The van der Waals surface area contributed by atoms with Crippen molar-refractivity contribution in [3.63, 3.8) is 0 Å². The van der Waals surface area contributed by atoms with Gasteiger partial charge in [0.2, 0.25) is 0 Å². The third-order valence-electron chi connectivity index (χ3n) is 3.42. The van der Waals surface area contributed by atoms with Crippen LogP contribution in [0.1, 0.15) is 23.6 Å². The van der Waals surface area contributed by atoms with Gasteiger partial charge in [-0.15, -0.1) is 31.4 Å². The van der Waals surface area contributed by atoms with Crippen LogP contribution in [-0.4, -0.2) is 31.1 Å². The van der Waals surface area contributed by atoms with Gasteiger partial charge in [0.25, 0.3) is 0 Å². The fourth-order valence-corrected chi connectivity index (χ4v) is 2.51. The third-order valence-corrected chi connectivity index (χ3v) is 3.42. The van der Waals surface area contributed by atoms with Gasteiger partial charge in [-0.25, -0.2) is 0 Å². The van der Waals surface area contributed by atoms with Crippen molar-refractivity contribution in [1.29, 1.82) is 5.26 Å². The van der Waals surface area contributed by atoms with E-state index in [2.05, 4.69) is 28.9 Å². The summed E-state index contributed by atoms with van der Waals surface area (Å²) in [4.78, 5) is 2.44. The van der Waals surface area contributed by atoms with Crippen molar-refractivity contribution in [2.45, 2.75) is 12.5 Å². The molecule has 1 atom stereocenters. The number of piperazine rings is 1. The zero-order chi connectivity index (χ0) is 12.8. The third kappa shape index (κ3) is 4.50. The number of halogens is 2. The average Bonchev–Trinajstić information content (AvgIpc) is 2.46. The van der Waals surface area contributed by atoms with Crippen molar-refractivity contribution in [1.82, 2.24) is 10.2 Å². The van der Waals surface area contributed by atoms with Crippen molar-refractivity contribution in [3.05, 3.63) is 48.0 Å². The van der Waals surface area contributed by atoms with E-state index < -0.39 is 0 Å². The van der Waals surface area contributed by atoms with Gasteiger partial charge in [0, 0.05) is 32.2 Å². The molecule has 0 radical (unpaired) electrons. The number of benzene rings is 1. The van der Waals surface area contributed by atoms with Crippen LogP contribution >= 0.6 is 24.8 Å². The molecule has 1 saturated heterocycles. The maximum atomic E-state index is 9.23. The molecule has 0 spiro atoms. The Hall–Kier alpha value is -1.05. The minimum atomic E-state index is 0. The highest BCUT2D eigenvalue weighted by atomic mass is 35.5. The fourth-order valence-electron chi connectivity index (χ4n) is 2.51. The van der Waals surface area contributed by atoms with Crippen LogP contribution in [0.15, 0.2) is 36.9 Å². The molecule has 1 aromatic rings. The summed E-state index contributed by atoms with van der Waals surface area (Å²) in [6.45, 7) is 7.94. The smallest absolute Gasteiger partial charge is 0.0995 e. The zero-order valence-electron chi connectivity index (χ0n) is 11.4. The lowest BCUT2D eigenvalue weighted by Gasteiger charge is -2.35. The standard InChI is InChI=1S/C15H19N3.2ClH/c1-2-5-15(18-10-8-17-9-11-18)14-7-4-3-6-13(14)12-16;;/h2-4,6-7,15,17H,1,5,8-11H2;2*1H/t15-;;/m0../s1. The van der Waals surface area contributed by atoms with Crippen LogP contribution in [0.25, 0.3) is 0 Å². The summed E-state index contributed by atoms with van der Waals surface area (Å²) in [7, 11) is 0. The van der Waals surface area contributed by atoms with Gasteiger partial charge in [0.05, 0.1) is 11.6 Å². The number of hydrogen-bond acceptors (Lipinski definition) is 3. The molecule has 1 heterocycles. The highest BCUT2D eigenvalue weighted by Gasteiger charge is 2.22. The number of nitriles is 1. The van der Waals surface area contributed by atoms with E-state index in [1.165, 1.54) is 0 Å². The molecule has 2 rings (SSSR count). The summed E-state index contributed by atoms with van der Waals surface area (Å²) in [5.74, 6) is 0. The van der Waals surface area contributed by atoms with E-state index >= 15 is 0 Å². The van der Waals surface area contributed by atoms with E-state index in [1.54, 1.807) is 0 Å². The Morgan fingerprint density at radius 2 is 1.95 bits per heavy atom. The summed E-state index contributed by atoms with van der Waals surface area (Å²) < 4.78 is 0. The molecule has 3 nitrogen and oxygen atoms in total. The van der Waals surface area contributed by atoms with Crippen LogP contribution in [0.5, 0.6) is 0 Å². The lowest BCUT2D eigenvalue weighted by Crippen LogP contribution is -2.45. The molecule has 0 amide bonds. The predicted molar refractivity (Wildman–Crippen MR) is 87.7 cm³/mol. The van der Waals surface area contributed by atoms with Gasteiger partial charge in [0.15, 0.2) is 0 Å². The van der Waals surface area contributed by atoms with Gasteiger partial charge in [-0.05, 0) is 18.1 Å². The summed E-state index contributed by atoms with van der Waals surface area (Å²) in [6.07, 6.45) is 2.83. The van der Waals surface area contributed by atoms with E-state index in [4.69, 9.17) is 0 Å². The maximum Gasteiger partial charge on any atom is 0.0995 e. The first kappa shape index (κ1) is 18.9. The monoisotopic (exact) mass is 313 g/mol. The van der Waals surface area contributed by atoms with E-state index in [0.717, 1.165) is 43.7 Å². The first-order chi connectivity index (χ1) is 8.86. The quantitative estimate of drug-likeness (QED) is 0.869. The molecule has 1 aliphatic rings. The van der Waals surface area contributed by atoms with Crippen LogP contribution in [-0.2, 0) is 0 Å². The van der Waals surface area contributed by atoms with Crippen LogP contribution in [0.2, 0.25) is 0 Å². The van der Waals surface area contributed by atoms with Crippen LogP contribution in [0.4, 0.5) is 0 Å². The number of nitrogens with zero attached hydrogens (tertiary/aromatic N) is 2. The van der Waals surface area contributed by atoms with Crippen molar-refractivity contribution < 1.29 is 0 Å². The largest absolute Gasteiger partial charge is 0.314 e. The highest BCUT2D eigenvalue weighted by Crippen LogP contribution is 2.27. The number of rotatable bonds is 4. The molecule has 1 fully saturated rings. The molecule has 0 aromatic heterocycles. The molecule has 0 saturated carbocycles. The second kappa shape index (κ2) is 9.79. The molecule has 0 bridgehead atoms. The Kier molecular flexibility index (Phi) is 9.28.